The van der Waals surface area contributed by atoms with Gasteiger partial charge in [0.25, 0.3) is 5.91 Å². The van der Waals surface area contributed by atoms with Crippen LogP contribution in [0.25, 0.3) is 0 Å². The van der Waals surface area contributed by atoms with Gasteiger partial charge in [-0.15, -0.1) is 0 Å². The molecule has 1 aromatic carbocycles. The summed E-state index contributed by atoms with van der Waals surface area (Å²) in [4.78, 5) is 16.5. The molecule has 0 N–H and O–H groups in total. The number of anilines is 1. The van der Waals surface area contributed by atoms with Crippen LogP contribution in [0.15, 0.2) is 35.4 Å². The number of benzene rings is 1. The Morgan fingerprint density at radius 1 is 1.30 bits per heavy atom. The molecule has 6 heteroatoms. The second-order valence-electron chi connectivity index (χ2n) is 4.20. The summed E-state index contributed by atoms with van der Waals surface area (Å²) in [5, 5.41) is 0. The lowest BCUT2D eigenvalue weighted by Gasteiger charge is -2.16. The first-order valence-corrected chi connectivity index (χ1v) is 7.57. The predicted molar refractivity (Wildman–Crippen MR) is 85.1 cm³/mol. The SMILES string of the molecule is CCN(C=C1SC(=S)N(c2ccc(F)cc2)C1=O)CC. The van der Waals surface area contributed by atoms with Gasteiger partial charge in [-0.1, -0.05) is 24.0 Å². The highest BCUT2D eigenvalue weighted by atomic mass is 32.2. The first-order valence-electron chi connectivity index (χ1n) is 6.34. The minimum absolute atomic E-state index is 0.154. The van der Waals surface area contributed by atoms with E-state index in [9.17, 15) is 9.18 Å². The average molecular weight is 310 g/mol. The number of carbonyl (C=O) groups excluding carboxylic acids is 1. The molecule has 0 atom stereocenters. The molecule has 1 aliphatic heterocycles. The van der Waals surface area contributed by atoms with Gasteiger partial charge in [0.1, 0.15) is 5.82 Å². The van der Waals surface area contributed by atoms with Crippen molar-refractivity contribution in [3.8, 4) is 0 Å². The highest BCUT2D eigenvalue weighted by Crippen LogP contribution is 2.35. The monoisotopic (exact) mass is 310 g/mol. The van der Waals surface area contributed by atoms with Crippen molar-refractivity contribution < 1.29 is 9.18 Å². The smallest absolute Gasteiger partial charge is 0.272 e. The van der Waals surface area contributed by atoms with Crippen molar-refractivity contribution in [1.29, 1.82) is 0 Å². The number of hydrogen-bond acceptors (Lipinski definition) is 4. The van der Waals surface area contributed by atoms with Crippen molar-refractivity contribution >= 4 is 39.9 Å². The molecule has 1 fully saturated rings. The number of amides is 1. The number of thiocarbonyl (C=S) groups is 1. The fourth-order valence-electron chi connectivity index (χ4n) is 1.84. The number of nitrogens with zero attached hydrogens (tertiary/aromatic N) is 2. The molecule has 1 aromatic rings. The van der Waals surface area contributed by atoms with Crippen molar-refractivity contribution in [3.05, 3.63) is 41.2 Å². The van der Waals surface area contributed by atoms with E-state index < -0.39 is 0 Å². The van der Waals surface area contributed by atoms with Gasteiger partial charge in [0.15, 0.2) is 4.32 Å². The molecule has 0 radical (unpaired) electrons. The lowest BCUT2D eigenvalue weighted by molar-refractivity contribution is -0.113. The Balaban J connectivity index is 2.27. The van der Waals surface area contributed by atoms with Gasteiger partial charge in [-0.25, -0.2) is 4.39 Å². The Hall–Kier alpha value is -1.40. The van der Waals surface area contributed by atoms with Crippen LogP contribution < -0.4 is 4.90 Å². The van der Waals surface area contributed by atoms with Crippen LogP contribution in [-0.2, 0) is 4.79 Å². The van der Waals surface area contributed by atoms with Gasteiger partial charge in [0, 0.05) is 19.3 Å². The molecule has 1 aliphatic rings. The summed E-state index contributed by atoms with van der Waals surface area (Å²) in [7, 11) is 0. The van der Waals surface area contributed by atoms with Gasteiger partial charge in [-0.3, -0.25) is 9.69 Å². The highest BCUT2D eigenvalue weighted by Gasteiger charge is 2.33. The lowest BCUT2D eigenvalue weighted by atomic mass is 10.3. The zero-order valence-corrected chi connectivity index (χ0v) is 12.9. The molecular weight excluding hydrogens is 295 g/mol. The van der Waals surface area contributed by atoms with E-state index >= 15 is 0 Å². The normalized spacial score (nSPS) is 17.1. The van der Waals surface area contributed by atoms with Crippen LogP contribution in [0.3, 0.4) is 0 Å². The Labute approximate surface area is 127 Å². The third-order valence-electron chi connectivity index (χ3n) is 2.99. The van der Waals surface area contributed by atoms with E-state index in [1.807, 2.05) is 24.9 Å². The molecule has 0 unspecified atom stereocenters. The van der Waals surface area contributed by atoms with Crippen molar-refractivity contribution in [3.63, 3.8) is 0 Å². The number of rotatable bonds is 4. The quantitative estimate of drug-likeness (QED) is 0.628. The zero-order chi connectivity index (χ0) is 14.7. The minimum atomic E-state index is -0.335. The van der Waals surface area contributed by atoms with Crippen LogP contribution in [0.5, 0.6) is 0 Å². The molecule has 2 rings (SSSR count). The first-order chi connectivity index (χ1) is 9.56. The van der Waals surface area contributed by atoms with Crippen molar-refractivity contribution in [2.45, 2.75) is 13.8 Å². The predicted octanol–water partition coefficient (Wildman–Crippen LogP) is 3.37. The first kappa shape index (κ1) is 15.0. The van der Waals surface area contributed by atoms with Crippen LogP contribution >= 0.6 is 24.0 Å². The maximum absolute atomic E-state index is 12.9. The second-order valence-corrected chi connectivity index (χ2v) is 5.88. The van der Waals surface area contributed by atoms with Crippen molar-refractivity contribution in [1.82, 2.24) is 4.90 Å². The molecule has 20 heavy (non-hydrogen) atoms. The van der Waals surface area contributed by atoms with Gasteiger partial charge in [-0.05, 0) is 38.1 Å². The molecular formula is C14H15FN2OS2. The second kappa shape index (κ2) is 6.37. The van der Waals surface area contributed by atoms with Crippen LogP contribution in [-0.4, -0.2) is 28.2 Å². The number of thioether (sulfide) groups is 1. The largest absolute Gasteiger partial charge is 0.377 e. The molecule has 0 aromatic heterocycles. The molecule has 0 aliphatic carbocycles. The van der Waals surface area contributed by atoms with E-state index in [0.29, 0.717) is 14.9 Å². The molecule has 3 nitrogen and oxygen atoms in total. The molecule has 1 heterocycles. The van der Waals surface area contributed by atoms with Crippen LogP contribution in [0.2, 0.25) is 0 Å². The van der Waals surface area contributed by atoms with Gasteiger partial charge in [0.2, 0.25) is 0 Å². The molecule has 0 spiro atoms. The van der Waals surface area contributed by atoms with E-state index in [1.165, 1.54) is 28.8 Å². The lowest BCUT2D eigenvalue weighted by Crippen LogP contribution is -2.28. The van der Waals surface area contributed by atoms with Gasteiger partial charge in [0.05, 0.1) is 10.6 Å². The fraction of sp³-hybridized carbons (Fsp3) is 0.286. The summed E-state index contributed by atoms with van der Waals surface area (Å²) >= 11 is 6.52. The number of halogens is 1. The molecule has 0 bridgehead atoms. The summed E-state index contributed by atoms with van der Waals surface area (Å²) in [5.41, 5.74) is 0.594. The maximum atomic E-state index is 12.9. The molecule has 1 saturated heterocycles. The van der Waals surface area contributed by atoms with Crippen molar-refractivity contribution in [2.24, 2.45) is 0 Å². The number of carbonyl (C=O) groups is 1. The van der Waals surface area contributed by atoms with E-state index in [2.05, 4.69) is 0 Å². The maximum Gasteiger partial charge on any atom is 0.272 e. The van der Waals surface area contributed by atoms with Gasteiger partial charge < -0.3 is 4.90 Å². The van der Waals surface area contributed by atoms with Gasteiger partial charge >= 0.3 is 0 Å². The minimum Gasteiger partial charge on any atom is -0.377 e. The van der Waals surface area contributed by atoms with E-state index in [0.717, 1.165) is 13.1 Å². The topological polar surface area (TPSA) is 23.6 Å². The Bertz CT molecular complexity index is 553. The summed E-state index contributed by atoms with van der Waals surface area (Å²) in [6, 6.07) is 5.75. The van der Waals surface area contributed by atoms with Crippen LogP contribution in [0.4, 0.5) is 10.1 Å². The Morgan fingerprint density at radius 2 is 1.90 bits per heavy atom. The Kier molecular flexibility index (Phi) is 4.77. The van der Waals surface area contributed by atoms with Gasteiger partial charge in [-0.2, -0.15) is 0 Å². The highest BCUT2D eigenvalue weighted by molar-refractivity contribution is 8.27. The summed E-state index contributed by atoms with van der Waals surface area (Å²) < 4.78 is 13.4. The third-order valence-corrected chi connectivity index (χ3v) is 4.28. The average Bonchev–Trinajstić information content (AvgIpc) is 2.72. The summed E-state index contributed by atoms with van der Waals surface area (Å²) in [6.45, 7) is 5.72. The van der Waals surface area contributed by atoms with Crippen LogP contribution in [0, 0.1) is 5.82 Å². The third kappa shape index (κ3) is 3.02. The Morgan fingerprint density at radius 3 is 2.45 bits per heavy atom. The molecule has 106 valence electrons. The summed E-state index contributed by atoms with van der Waals surface area (Å²) in [6.07, 6.45) is 1.84. The van der Waals surface area contributed by atoms with E-state index in [1.54, 1.807) is 12.1 Å². The van der Waals surface area contributed by atoms with Crippen LogP contribution in [0.1, 0.15) is 13.8 Å². The van der Waals surface area contributed by atoms with Crippen molar-refractivity contribution in [2.75, 3.05) is 18.0 Å². The fourth-order valence-corrected chi connectivity index (χ4v) is 3.15. The summed E-state index contributed by atoms with van der Waals surface area (Å²) in [5.74, 6) is -0.489. The zero-order valence-electron chi connectivity index (χ0n) is 11.3. The molecule has 1 amide bonds. The van der Waals surface area contributed by atoms with E-state index in [-0.39, 0.29) is 11.7 Å². The molecule has 0 saturated carbocycles. The number of hydrogen-bond donors (Lipinski definition) is 0. The van der Waals surface area contributed by atoms with E-state index in [4.69, 9.17) is 12.2 Å². The standard InChI is InChI=1S/C14H15FN2OS2/c1-3-16(4-2)9-12-13(18)17(14(19)20-12)11-7-5-10(15)6-8-11/h5-9H,3-4H2,1-2H3.